The number of ether oxygens (including phenoxy) is 2. The number of benzene rings is 2. The molecule has 0 aliphatic carbocycles. The molecule has 2 aromatic carbocycles. The minimum Gasteiger partial charge on any atom is -0.505 e. The normalized spacial score (nSPS) is 12.8. The summed E-state index contributed by atoms with van der Waals surface area (Å²) in [6.07, 6.45) is 1.68. The van der Waals surface area contributed by atoms with Crippen LogP contribution in [0.2, 0.25) is 0 Å². The van der Waals surface area contributed by atoms with E-state index in [-0.39, 0.29) is 31.9 Å². The highest BCUT2D eigenvalue weighted by atomic mass is 16.5. The van der Waals surface area contributed by atoms with Gasteiger partial charge in [-0.05, 0) is 26.0 Å². The number of esters is 2. The number of hydrogen-bond donors (Lipinski definition) is 1. The third-order valence-electron chi connectivity index (χ3n) is 4.71. The van der Waals surface area contributed by atoms with Crippen LogP contribution in [-0.4, -0.2) is 50.1 Å². The van der Waals surface area contributed by atoms with Crippen LogP contribution < -0.4 is 4.90 Å². The Labute approximate surface area is 163 Å². The molecule has 0 spiro atoms. The number of hydrogen-bond acceptors (Lipinski definition) is 7. The molecule has 3 rings (SSSR count). The van der Waals surface area contributed by atoms with Gasteiger partial charge in [0.2, 0.25) is 0 Å². The van der Waals surface area contributed by atoms with Gasteiger partial charge >= 0.3 is 11.9 Å². The molecule has 2 aromatic rings. The Balaban J connectivity index is 1.89. The topological polar surface area (TPSA) is 88.4 Å². The molecule has 1 heterocycles. The average molecular weight is 384 g/mol. The minimum atomic E-state index is -0.701. The number of nitrogens with zero attached hydrogens (tertiary/aromatic N) is 2. The molecule has 1 atom stereocenters. The Morgan fingerprint density at radius 3 is 2.68 bits per heavy atom. The first kappa shape index (κ1) is 19.7. The third kappa shape index (κ3) is 3.78. The zero-order valence-corrected chi connectivity index (χ0v) is 16.3. The summed E-state index contributed by atoms with van der Waals surface area (Å²) >= 11 is 0. The fraction of sp³-hybridized carbons (Fsp3) is 0.381. The van der Waals surface area contributed by atoms with Gasteiger partial charge in [-0.1, -0.05) is 12.1 Å². The highest BCUT2D eigenvalue weighted by Crippen LogP contribution is 2.43. The fourth-order valence-electron chi connectivity index (χ4n) is 3.44. The van der Waals surface area contributed by atoms with E-state index in [1.165, 1.54) is 0 Å². The van der Waals surface area contributed by atoms with E-state index in [2.05, 4.69) is 4.99 Å². The number of carbonyl (C=O) groups excluding carboxylic acids is 2. The Morgan fingerprint density at radius 1 is 1.21 bits per heavy atom. The predicted molar refractivity (Wildman–Crippen MR) is 108 cm³/mol. The molecule has 0 radical (unpaired) electrons. The van der Waals surface area contributed by atoms with E-state index in [0.29, 0.717) is 11.1 Å². The summed E-state index contributed by atoms with van der Waals surface area (Å²) < 4.78 is 10.1. The molecular formula is C21H24N2O5. The summed E-state index contributed by atoms with van der Waals surface area (Å²) in [5.41, 5.74) is 2.29. The monoisotopic (exact) mass is 384 g/mol. The summed E-state index contributed by atoms with van der Waals surface area (Å²) in [6.45, 7) is 4.12. The van der Waals surface area contributed by atoms with E-state index >= 15 is 0 Å². The molecule has 1 unspecified atom stereocenters. The van der Waals surface area contributed by atoms with Crippen LogP contribution in [0, 0.1) is 5.92 Å². The van der Waals surface area contributed by atoms with E-state index < -0.39 is 17.9 Å². The summed E-state index contributed by atoms with van der Waals surface area (Å²) in [5, 5.41) is 12.4. The SMILES string of the molecule is CCOC(=O)CC(CN(C)c1cc2c3c(cccc3c1O)N=C2)C(=O)OCC. The Hall–Kier alpha value is -3.09. The Kier molecular flexibility index (Phi) is 5.82. The van der Waals surface area contributed by atoms with Crippen molar-refractivity contribution in [2.45, 2.75) is 20.3 Å². The standard InChI is InChI=1S/C21H24N2O5/c1-4-27-18(24)10-14(21(26)28-5-2)12-23(3)17-9-13-11-22-16-8-6-7-15(19(13)16)20(17)25/h6-9,11,14,25H,4-5,10,12H2,1-3H3. The number of phenolic OH excluding ortho intramolecular Hbond substituents is 1. The summed E-state index contributed by atoms with van der Waals surface area (Å²) in [5.74, 6) is -1.50. The number of anilines is 1. The van der Waals surface area contributed by atoms with Crippen molar-refractivity contribution in [1.82, 2.24) is 0 Å². The van der Waals surface area contributed by atoms with E-state index in [4.69, 9.17) is 9.47 Å². The molecule has 7 nitrogen and oxygen atoms in total. The van der Waals surface area contributed by atoms with Gasteiger partial charge in [-0.3, -0.25) is 14.6 Å². The van der Waals surface area contributed by atoms with Crippen LogP contribution in [-0.2, 0) is 19.1 Å². The zero-order chi connectivity index (χ0) is 20.3. The van der Waals surface area contributed by atoms with Gasteiger partial charge in [0.1, 0.15) is 5.75 Å². The maximum absolute atomic E-state index is 12.3. The van der Waals surface area contributed by atoms with Crippen molar-refractivity contribution in [3.8, 4) is 5.75 Å². The second-order valence-electron chi connectivity index (χ2n) is 6.63. The lowest BCUT2D eigenvalue weighted by atomic mass is 10.0. The van der Waals surface area contributed by atoms with Gasteiger partial charge in [-0.2, -0.15) is 0 Å². The highest BCUT2D eigenvalue weighted by molar-refractivity contribution is 6.14. The summed E-state index contributed by atoms with van der Waals surface area (Å²) in [6, 6.07) is 7.42. The van der Waals surface area contributed by atoms with Gasteiger partial charge in [0.25, 0.3) is 0 Å². The molecule has 0 saturated heterocycles. The number of aromatic hydroxyl groups is 1. The molecule has 1 aliphatic rings. The van der Waals surface area contributed by atoms with E-state index in [0.717, 1.165) is 16.6 Å². The number of phenols is 1. The maximum atomic E-state index is 12.3. The fourth-order valence-corrected chi connectivity index (χ4v) is 3.44. The molecule has 148 valence electrons. The molecule has 0 bridgehead atoms. The van der Waals surface area contributed by atoms with Crippen molar-refractivity contribution < 1.29 is 24.2 Å². The van der Waals surface area contributed by atoms with Crippen molar-refractivity contribution in [1.29, 1.82) is 0 Å². The first-order chi connectivity index (χ1) is 13.5. The molecule has 7 heteroatoms. The third-order valence-corrected chi connectivity index (χ3v) is 4.71. The molecule has 0 saturated carbocycles. The Morgan fingerprint density at radius 2 is 1.96 bits per heavy atom. The second-order valence-corrected chi connectivity index (χ2v) is 6.63. The Bertz CT molecular complexity index is 938. The minimum absolute atomic E-state index is 0.0795. The summed E-state index contributed by atoms with van der Waals surface area (Å²) in [7, 11) is 1.76. The zero-order valence-electron chi connectivity index (χ0n) is 16.3. The van der Waals surface area contributed by atoms with Crippen LogP contribution in [0.4, 0.5) is 11.4 Å². The van der Waals surface area contributed by atoms with Gasteiger partial charge in [0.15, 0.2) is 0 Å². The van der Waals surface area contributed by atoms with Crippen molar-refractivity contribution >= 4 is 40.3 Å². The van der Waals surface area contributed by atoms with Gasteiger partial charge < -0.3 is 19.5 Å². The van der Waals surface area contributed by atoms with Crippen molar-refractivity contribution in [2.24, 2.45) is 10.9 Å². The number of aliphatic imine (C=N–C) groups is 1. The van der Waals surface area contributed by atoms with Gasteiger partial charge in [0, 0.05) is 36.1 Å². The highest BCUT2D eigenvalue weighted by Gasteiger charge is 2.27. The van der Waals surface area contributed by atoms with Gasteiger partial charge in [-0.15, -0.1) is 0 Å². The predicted octanol–water partition coefficient (Wildman–Crippen LogP) is 3.18. The second kappa shape index (κ2) is 8.29. The van der Waals surface area contributed by atoms with Crippen LogP contribution in [0.5, 0.6) is 5.75 Å². The largest absolute Gasteiger partial charge is 0.505 e. The van der Waals surface area contributed by atoms with Crippen LogP contribution >= 0.6 is 0 Å². The molecule has 28 heavy (non-hydrogen) atoms. The summed E-state index contributed by atoms with van der Waals surface area (Å²) in [4.78, 5) is 30.4. The first-order valence-electron chi connectivity index (χ1n) is 9.32. The van der Waals surface area contributed by atoms with Gasteiger partial charge in [-0.25, -0.2) is 0 Å². The van der Waals surface area contributed by atoms with Crippen molar-refractivity contribution in [2.75, 3.05) is 31.7 Å². The molecule has 1 N–H and O–H groups in total. The molecule has 0 fully saturated rings. The first-order valence-corrected chi connectivity index (χ1v) is 9.32. The lowest BCUT2D eigenvalue weighted by Gasteiger charge is -2.25. The van der Waals surface area contributed by atoms with Crippen LogP contribution in [0.15, 0.2) is 29.3 Å². The lowest BCUT2D eigenvalue weighted by molar-refractivity contribution is -0.154. The quantitative estimate of drug-likeness (QED) is 0.600. The smallest absolute Gasteiger partial charge is 0.311 e. The van der Waals surface area contributed by atoms with Crippen LogP contribution in [0.1, 0.15) is 25.8 Å². The van der Waals surface area contributed by atoms with Gasteiger partial charge in [0.05, 0.1) is 36.9 Å². The van der Waals surface area contributed by atoms with Crippen LogP contribution in [0.25, 0.3) is 10.8 Å². The molecule has 0 aromatic heterocycles. The molecule has 1 aliphatic heterocycles. The van der Waals surface area contributed by atoms with Crippen LogP contribution in [0.3, 0.4) is 0 Å². The van der Waals surface area contributed by atoms with E-state index in [9.17, 15) is 14.7 Å². The number of rotatable bonds is 8. The molecular weight excluding hydrogens is 360 g/mol. The average Bonchev–Trinajstić information content (AvgIpc) is 3.08. The van der Waals surface area contributed by atoms with E-state index in [1.807, 2.05) is 24.3 Å². The van der Waals surface area contributed by atoms with Crippen molar-refractivity contribution in [3.05, 3.63) is 29.8 Å². The maximum Gasteiger partial charge on any atom is 0.311 e. The van der Waals surface area contributed by atoms with Crippen molar-refractivity contribution in [3.63, 3.8) is 0 Å². The van der Waals surface area contributed by atoms with E-state index in [1.54, 1.807) is 32.0 Å². The number of carbonyl (C=O) groups is 2. The molecule has 0 amide bonds. The lowest BCUT2D eigenvalue weighted by Crippen LogP contribution is -2.33.